The first kappa shape index (κ1) is 21.0. The minimum absolute atomic E-state index is 0.0299. The van der Waals surface area contributed by atoms with Crippen LogP contribution in [0.5, 0.6) is 5.75 Å². The average Bonchev–Trinajstić information content (AvgIpc) is 3.08. The second-order valence-electron chi connectivity index (χ2n) is 9.16. The molecule has 0 aromatic heterocycles. The van der Waals surface area contributed by atoms with Crippen molar-refractivity contribution >= 4 is 11.8 Å². The van der Waals surface area contributed by atoms with Gasteiger partial charge in [0.05, 0.1) is 23.1 Å². The Morgan fingerprint density at radius 3 is 2.59 bits per heavy atom. The van der Waals surface area contributed by atoms with Gasteiger partial charge in [0.2, 0.25) is 5.91 Å². The number of para-hydroxylation sites is 1. The molecule has 1 spiro atoms. The van der Waals surface area contributed by atoms with Crippen molar-refractivity contribution in [1.82, 2.24) is 15.1 Å². The summed E-state index contributed by atoms with van der Waals surface area (Å²) < 4.78 is 6.12. The van der Waals surface area contributed by atoms with Gasteiger partial charge in [-0.2, -0.15) is 0 Å². The molecule has 2 saturated heterocycles. The van der Waals surface area contributed by atoms with Crippen LogP contribution in [0.15, 0.2) is 54.6 Å². The second-order valence-corrected chi connectivity index (χ2v) is 9.16. The Morgan fingerprint density at radius 1 is 1.09 bits per heavy atom. The Kier molecular flexibility index (Phi) is 5.61. The van der Waals surface area contributed by atoms with Crippen LogP contribution in [0.4, 0.5) is 0 Å². The topological polar surface area (TPSA) is 82.1 Å². The van der Waals surface area contributed by atoms with E-state index in [0.717, 1.165) is 0 Å². The smallest absolute Gasteiger partial charge is 0.255 e. The van der Waals surface area contributed by atoms with E-state index in [1.807, 2.05) is 35.2 Å². The van der Waals surface area contributed by atoms with Gasteiger partial charge in [-0.15, -0.1) is 0 Å². The number of piperidine rings is 1. The number of hydrogen-bond donors (Lipinski definition) is 2. The summed E-state index contributed by atoms with van der Waals surface area (Å²) in [7, 11) is 0. The molecule has 32 heavy (non-hydrogen) atoms. The van der Waals surface area contributed by atoms with Crippen molar-refractivity contribution in [3.63, 3.8) is 0 Å². The highest BCUT2D eigenvalue weighted by Crippen LogP contribution is 2.35. The molecule has 2 aromatic rings. The molecule has 2 amide bonds. The van der Waals surface area contributed by atoms with Crippen LogP contribution in [0.25, 0.3) is 0 Å². The van der Waals surface area contributed by atoms with Crippen molar-refractivity contribution in [1.29, 1.82) is 0 Å². The fourth-order valence-corrected chi connectivity index (χ4v) is 5.18. The van der Waals surface area contributed by atoms with Crippen LogP contribution in [0.2, 0.25) is 0 Å². The molecule has 2 aromatic carbocycles. The molecule has 0 bridgehead atoms. The van der Waals surface area contributed by atoms with E-state index in [1.54, 1.807) is 12.1 Å². The van der Waals surface area contributed by atoms with Gasteiger partial charge in [0.25, 0.3) is 5.91 Å². The minimum atomic E-state index is -0.808. The Bertz CT molecular complexity index is 990. The first-order valence-electron chi connectivity index (χ1n) is 11.3. The van der Waals surface area contributed by atoms with Crippen molar-refractivity contribution in [3.05, 3.63) is 65.7 Å². The number of fused-ring (bicyclic) bond motifs is 1. The highest BCUT2D eigenvalue weighted by molar-refractivity contribution is 5.98. The third kappa shape index (κ3) is 3.98. The van der Waals surface area contributed by atoms with Gasteiger partial charge in [0.15, 0.2) is 0 Å². The molecule has 3 heterocycles. The first-order chi connectivity index (χ1) is 15.5. The molecule has 2 N–H and O–H groups in total. The zero-order chi connectivity index (χ0) is 22.1. The summed E-state index contributed by atoms with van der Waals surface area (Å²) >= 11 is 0. The van der Waals surface area contributed by atoms with Crippen LogP contribution in [0.1, 0.15) is 28.8 Å². The van der Waals surface area contributed by atoms with Crippen molar-refractivity contribution in [3.8, 4) is 5.75 Å². The number of carbonyl (C=O) groups is 2. The normalized spacial score (nSPS) is 26.3. The van der Waals surface area contributed by atoms with Gasteiger partial charge < -0.3 is 20.1 Å². The standard InChI is InChI=1S/C25H29N3O4/c29-19-10-12-28(13-11-19)24(31)21-15-27(14-18-6-2-1-3-7-18)16-25(21)17-32-22-9-5-4-8-20(22)23(30)26-25/h1-9,19,21,29H,10-17H2,(H,26,30)/t21-,25-/m0/s1. The van der Waals surface area contributed by atoms with Crippen molar-refractivity contribution < 1.29 is 19.4 Å². The molecule has 168 valence electrons. The monoisotopic (exact) mass is 435 g/mol. The summed E-state index contributed by atoms with van der Waals surface area (Å²) in [5.74, 6) is -0.0377. The highest BCUT2D eigenvalue weighted by Gasteiger charge is 2.54. The summed E-state index contributed by atoms with van der Waals surface area (Å²) in [6.45, 7) is 3.11. The van der Waals surface area contributed by atoms with E-state index in [2.05, 4.69) is 22.3 Å². The predicted molar refractivity (Wildman–Crippen MR) is 119 cm³/mol. The van der Waals surface area contributed by atoms with E-state index in [4.69, 9.17) is 4.74 Å². The molecule has 3 aliphatic rings. The van der Waals surface area contributed by atoms with E-state index >= 15 is 0 Å². The van der Waals surface area contributed by atoms with Crippen LogP contribution >= 0.6 is 0 Å². The van der Waals surface area contributed by atoms with Crippen molar-refractivity contribution in [2.24, 2.45) is 5.92 Å². The highest BCUT2D eigenvalue weighted by atomic mass is 16.5. The number of rotatable bonds is 3. The minimum Gasteiger partial charge on any atom is -0.490 e. The number of ether oxygens (including phenoxy) is 1. The Hall–Kier alpha value is -2.90. The zero-order valence-electron chi connectivity index (χ0n) is 18.1. The number of hydrogen-bond acceptors (Lipinski definition) is 5. The van der Waals surface area contributed by atoms with Gasteiger partial charge in [0, 0.05) is 32.7 Å². The van der Waals surface area contributed by atoms with Crippen LogP contribution in [0.3, 0.4) is 0 Å². The molecule has 2 atom stereocenters. The molecular formula is C25H29N3O4. The third-order valence-corrected chi connectivity index (χ3v) is 6.92. The van der Waals surface area contributed by atoms with Crippen LogP contribution in [-0.2, 0) is 11.3 Å². The van der Waals surface area contributed by atoms with Crippen molar-refractivity contribution in [2.45, 2.75) is 31.0 Å². The zero-order valence-corrected chi connectivity index (χ0v) is 18.1. The number of carbonyl (C=O) groups excluding carboxylic acids is 2. The number of aliphatic hydroxyl groups is 1. The maximum Gasteiger partial charge on any atom is 0.255 e. The lowest BCUT2D eigenvalue weighted by Gasteiger charge is -2.37. The average molecular weight is 436 g/mol. The lowest BCUT2D eigenvalue weighted by Crippen LogP contribution is -2.61. The molecule has 2 fully saturated rings. The maximum absolute atomic E-state index is 13.7. The largest absolute Gasteiger partial charge is 0.490 e. The third-order valence-electron chi connectivity index (χ3n) is 6.92. The summed E-state index contributed by atoms with van der Waals surface area (Å²) in [5, 5.41) is 13.1. The van der Waals surface area contributed by atoms with Crippen LogP contribution < -0.4 is 10.1 Å². The van der Waals surface area contributed by atoms with Crippen LogP contribution in [-0.4, -0.2) is 71.1 Å². The van der Waals surface area contributed by atoms with E-state index in [1.165, 1.54) is 5.56 Å². The Labute approximate surface area is 188 Å². The summed E-state index contributed by atoms with van der Waals surface area (Å²) in [6.07, 6.45) is 0.836. The summed E-state index contributed by atoms with van der Waals surface area (Å²) in [4.78, 5) is 30.9. The fourth-order valence-electron chi connectivity index (χ4n) is 5.18. The van der Waals surface area contributed by atoms with Crippen molar-refractivity contribution in [2.75, 3.05) is 32.8 Å². The first-order valence-corrected chi connectivity index (χ1v) is 11.3. The SMILES string of the molecule is O=C1N[C@]2(COc3ccccc31)CN(Cc1ccccc1)C[C@H]2C(=O)N1CCC(O)CC1. The van der Waals surface area contributed by atoms with Gasteiger partial charge in [-0.1, -0.05) is 42.5 Å². The predicted octanol–water partition coefficient (Wildman–Crippen LogP) is 1.66. The Balaban J connectivity index is 1.43. The number of nitrogens with one attached hydrogen (secondary N) is 1. The lowest BCUT2D eigenvalue weighted by molar-refractivity contribution is -0.139. The van der Waals surface area contributed by atoms with E-state index < -0.39 is 11.5 Å². The van der Waals surface area contributed by atoms with E-state index in [9.17, 15) is 14.7 Å². The second kappa shape index (κ2) is 8.56. The van der Waals surface area contributed by atoms with E-state index in [-0.39, 0.29) is 24.5 Å². The molecular weight excluding hydrogens is 406 g/mol. The number of aliphatic hydroxyl groups excluding tert-OH is 1. The summed E-state index contributed by atoms with van der Waals surface area (Å²) in [6, 6.07) is 17.4. The molecule has 0 unspecified atom stereocenters. The molecule has 0 aliphatic carbocycles. The number of benzene rings is 2. The van der Waals surface area contributed by atoms with Gasteiger partial charge in [-0.25, -0.2) is 0 Å². The summed E-state index contributed by atoms with van der Waals surface area (Å²) in [5.41, 5.74) is 0.858. The quantitative estimate of drug-likeness (QED) is 0.767. The number of amides is 2. The van der Waals surface area contributed by atoms with Gasteiger partial charge in [-0.05, 0) is 30.5 Å². The van der Waals surface area contributed by atoms with Gasteiger partial charge in [0.1, 0.15) is 12.4 Å². The molecule has 0 saturated carbocycles. The number of likely N-dealkylation sites (tertiary alicyclic amines) is 2. The Morgan fingerprint density at radius 2 is 1.81 bits per heavy atom. The van der Waals surface area contributed by atoms with Gasteiger partial charge >= 0.3 is 0 Å². The lowest BCUT2D eigenvalue weighted by atomic mass is 9.85. The maximum atomic E-state index is 13.7. The van der Waals surface area contributed by atoms with Gasteiger partial charge in [-0.3, -0.25) is 14.5 Å². The molecule has 3 aliphatic heterocycles. The molecule has 5 rings (SSSR count). The molecule has 0 radical (unpaired) electrons. The van der Waals surface area contributed by atoms with E-state index in [0.29, 0.717) is 56.9 Å². The fraction of sp³-hybridized carbons (Fsp3) is 0.440. The molecule has 7 heteroatoms. The molecule has 7 nitrogen and oxygen atoms in total. The van der Waals surface area contributed by atoms with Crippen LogP contribution in [0, 0.1) is 5.92 Å². The number of nitrogens with zero attached hydrogens (tertiary/aromatic N) is 2.